The van der Waals surface area contributed by atoms with E-state index in [1.54, 1.807) is 12.5 Å². The number of aldehydes is 1. The van der Waals surface area contributed by atoms with Crippen molar-refractivity contribution >= 4 is 17.6 Å². The zero-order valence-electron chi connectivity index (χ0n) is 10.4. The van der Waals surface area contributed by atoms with E-state index in [9.17, 15) is 4.79 Å². The molecule has 0 saturated heterocycles. The Morgan fingerprint density at radius 2 is 2.00 bits per heavy atom. The van der Waals surface area contributed by atoms with Crippen LogP contribution in [0.15, 0.2) is 35.0 Å². The second-order valence-corrected chi connectivity index (χ2v) is 4.43. The second kappa shape index (κ2) is 6.74. The highest BCUT2D eigenvalue weighted by atomic mass is 32.1. The van der Waals surface area contributed by atoms with Crippen LogP contribution in [0.2, 0.25) is 0 Å². The number of methoxy groups -OCH3 is 1. The molecule has 0 spiro atoms. The normalized spacial score (nSPS) is 9.53. The lowest BCUT2D eigenvalue weighted by Gasteiger charge is -2.03. The minimum absolute atomic E-state index is 0.225. The monoisotopic (exact) mass is 272 g/mol. The van der Waals surface area contributed by atoms with E-state index in [2.05, 4.69) is 11.8 Å². The first-order valence-electron chi connectivity index (χ1n) is 5.58. The number of thiophene rings is 1. The zero-order valence-corrected chi connectivity index (χ0v) is 11.2. The van der Waals surface area contributed by atoms with E-state index in [1.165, 1.54) is 11.3 Å². The lowest BCUT2D eigenvalue weighted by atomic mass is 10.2. The molecule has 0 aliphatic carbocycles. The molecule has 2 rings (SSSR count). The summed E-state index contributed by atoms with van der Waals surface area (Å²) in [5.41, 5.74) is 2.27. The van der Waals surface area contributed by atoms with Gasteiger partial charge in [0.1, 0.15) is 5.75 Å². The molecule has 0 amide bonds. The lowest BCUT2D eigenvalue weighted by Crippen LogP contribution is -1.98. The minimum atomic E-state index is 0.225. The maximum Gasteiger partial charge on any atom is 0.188 e. The molecule has 0 radical (unpaired) electrons. The highest BCUT2D eigenvalue weighted by molar-refractivity contribution is 7.08. The van der Waals surface area contributed by atoms with Crippen molar-refractivity contribution < 1.29 is 14.3 Å². The number of rotatable bonds is 4. The summed E-state index contributed by atoms with van der Waals surface area (Å²) in [6.07, 6.45) is 0.822. The van der Waals surface area contributed by atoms with Crippen molar-refractivity contribution in [1.82, 2.24) is 0 Å². The fourth-order valence-electron chi connectivity index (χ4n) is 1.40. The molecular weight excluding hydrogens is 260 g/mol. The molecule has 1 aromatic heterocycles. The third-order valence-electron chi connectivity index (χ3n) is 2.36. The Morgan fingerprint density at radius 3 is 2.68 bits per heavy atom. The number of hydrogen-bond donors (Lipinski definition) is 0. The van der Waals surface area contributed by atoms with Crippen molar-refractivity contribution in [2.75, 3.05) is 13.9 Å². The Bertz CT molecular complexity index is 602. The van der Waals surface area contributed by atoms with E-state index in [0.717, 1.165) is 23.2 Å². The molecule has 0 atom stereocenters. The van der Waals surface area contributed by atoms with Gasteiger partial charge in [0.2, 0.25) is 0 Å². The molecule has 19 heavy (non-hydrogen) atoms. The fourth-order valence-corrected chi connectivity index (χ4v) is 2.13. The van der Waals surface area contributed by atoms with Gasteiger partial charge in [-0.2, -0.15) is 11.3 Å². The van der Waals surface area contributed by atoms with Crippen LogP contribution in [-0.2, 0) is 4.74 Å². The van der Waals surface area contributed by atoms with Crippen LogP contribution >= 0.6 is 11.3 Å². The maximum absolute atomic E-state index is 10.8. The van der Waals surface area contributed by atoms with E-state index in [-0.39, 0.29) is 6.79 Å². The number of hydrogen-bond acceptors (Lipinski definition) is 4. The molecule has 0 fully saturated rings. The van der Waals surface area contributed by atoms with Crippen LogP contribution in [0.25, 0.3) is 0 Å². The SMILES string of the molecule is COCOc1ccc(C#Cc2cscc2C=O)cc1. The van der Waals surface area contributed by atoms with Gasteiger partial charge in [0.05, 0.1) is 0 Å². The largest absolute Gasteiger partial charge is 0.468 e. The van der Waals surface area contributed by atoms with Crippen molar-refractivity contribution in [2.24, 2.45) is 0 Å². The highest BCUT2D eigenvalue weighted by Gasteiger charge is 1.98. The number of ether oxygens (including phenoxy) is 2. The van der Waals surface area contributed by atoms with Gasteiger partial charge in [0.15, 0.2) is 13.1 Å². The molecule has 0 aliphatic rings. The summed E-state index contributed by atoms with van der Waals surface area (Å²) in [5, 5.41) is 3.66. The first-order valence-corrected chi connectivity index (χ1v) is 6.53. The molecule has 0 unspecified atom stereocenters. The van der Waals surface area contributed by atoms with Gasteiger partial charge in [-0.25, -0.2) is 0 Å². The van der Waals surface area contributed by atoms with Gasteiger partial charge in [-0.15, -0.1) is 0 Å². The molecular formula is C15H12O3S. The Morgan fingerprint density at radius 1 is 1.21 bits per heavy atom. The molecule has 0 saturated carbocycles. The van der Waals surface area contributed by atoms with Crippen LogP contribution in [-0.4, -0.2) is 20.2 Å². The quantitative estimate of drug-likeness (QED) is 0.487. The number of carbonyl (C=O) groups is 1. The summed E-state index contributed by atoms with van der Waals surface area (Å²) < 4.78 is 10.1. The zero-order chi connectivity index (χ0) is 13.5. The van der Waals surface area contributed by atoms with Crippen LogP contribution in [0.5, 0.6) is 5.75 Å². The standard InChI is InChI=1S/C15H12O3S/c1-17-11-18-15-6-3-12(4-7-15)2-5-13-9-19-10-14(13)8-16/h3-4,6-10H,11H2,1H3. The Balaban J connectivity index is 2.10. The van der Waals surface area contributed by atoms with Crippen LogP contribution in [0, 0.1) is 11.8 Å². The maximum atomic E-state index is 10.8. The summed E-state index contributed by atoms with van der Waals surface area (Å²) in [6, 6.07) is 7.39. The van der Waals surface area contributed by atoms with E-state index < -0.39 is 0 Å². The molecule has 3 nitrogen and oxygen atoms in total. The minimum Gasteiger partial charge on any atom is -0.468 e. The highest BCUT2D eigenvalue weighted by Crippen LogP contribution is 2.13. The second-order valence-electron chi connectivity index (χ2n) is 3.68. The first-order chi connectivity index (χ1) is 9.33. The van der Waals surface area contributed by atoms with Crippen LogP contribution in [0.4, 0.5) is 0 Å². The Hall–Kier alpha value is -2.09. The van der Waals surface area contributed by atoms with Gasteiger partial charge in [-0.1, -0.05) is 11.8 Å². The molecule has 0 aliphatic heterocycles. The molecule has 2 aromatic rings. The summed E-state index contributed by atoms with van der Waals surface area (Å²) in [6.45, 7) is 0.225. The van der Waals surface area contributed by atoms with Crippen molar-refractivity contribution in [3.63, 3.8) is 0 Å². The summed E-state index contributed by atoms with van der Waals surface area (Å²) in [5.74, 6) is 6.74. The van der Waals surface area contributed by atoms with Crippen LogP contribution in [0.1, 0.15) is 21.5 Å². The topological polar surface area (TPSA) is 35.5 Å². The Labute approximate surface area is 115 Å². The van der Waals surface area contributed by atoms with Crippen molar-refractivity contribution in [2.45, 2.75) is 0 Å². The van der Waals surface area contributed by atoms with Gasteiger partial charge in [-0.3, -0.25) is 4.79 Å². The Kier molecular flexibility index (Phi) is 4.73. The summed E-state index contributed by atoms with van der Waals surface area (Å²) in [7, 11) is 1.57. The summed E-state index contributed by atoms with van der Waals surface area (Å²) in [4.78, 5) is 10.8. The number of carbonyl (C=O) groups excluding carboxylic acids is 1. The van der Waals surface area contributed by atoms with E-state index >= 15 is 0 Å². The first kappa shape index (κ1) is 13.3. The molecule has 4 heteroatoms. The van der Waals surface area contributed by atoms with Crippen molar-refractivity contribution in [3.8, 4) is 17.6 Å². The van der Waals surface area contributed by atoms with Crippen LogP contribution in [0.3, 0.4) is 0 Å². The molecule has 0 bridgehead atoms. The van der Waals surface area contributed by atoms with E-state index in [1.807, 2.05) is 29.6 Å². The lowest BCUT2D eigenvalue weighted by molar-refractivity contribution is 0.0511. The number of benzene rings is 1. The van der Waals surface area contributed by atoms with E-state index in [0.29, 0.717) is 5.56 Å². The van der Waals surface area contributed by atoms with Crippen LogP contribution < -0.4 is 4.74 Å². The summed E-state index contributed by atoms with van der Waals surface area (Å²) >= 11 is 1.47. The fraction of sp³-hybridized carbons (Fsp3) is 0.133. The van der Waals surface area contributed by atoms with Gasteiger partial charge in [0, 0.05) is 34.6 Å². The predicted molar refractivity (Wildman–Crippen MR) is 74.6 cm³/mol. The predicted octanol–water partition coefficient (Wildman–Crippen LogP) is 2.94. The van der Waals surface area contributed by atoms with Crippen molar-refractivity contribution in [1.29, 1.82) is 0 Å². The van der Waals surface area contributed by atoms with Gasteiger partial charge < -0.3 is 9.47 Å². The van der Waals surface area contributed by atoms with Gasteiger partial charge >= 0.3 is 0 Å². The third-order valence-corrected chi connectivity index (χ3v) is 3.12. The van der Waals surface area contributed by atoms with Gasteiger partial charge in [0.25, 0.3) is 0 Å². The third kappa shape index (κ3) is 3.68. The molecule has 96 valence electrons. The molecule has 1 aromatic carbocycles. The van der Waals surface area contributed by atoms with Crippen molar-refractivity contribution in [3.05, 3.63) is 51.7 Å². The average molecular weight is 272 g/mol. The molecule has 1 heterocycles. The van der Waals surface area contributed by atoms with Gasteiger partial charge in [-0.05, 0) is 24.3 Å². The molecule has 0 N–H and O–H groups in total. The average Bonchev–Trinajstić information content (AvgIpc) is 2.91. The smallest absolute Gasteiger partial charge is 0.188 e. The van der Waals surface area contributed by atoms with E-state index in [4.69, 9.17) is 9.47 Å².